The van der Waals surface area contributed by atoms with E-state index in [4.69, 9.17) is 5.21 Å². The van der Waals surface area contributed by atoms with E-state index in [-0.39, 0.29) is 0 Å². The molecule has 0 radical (unpaired) electrons. The fourth-order valence-corrected chi connectivity index (χ4v) is 3.09. The maximum Gasteiger partial charge on any atom is 0.0565 e. The van der Waals surface area contributed by atoms with Crippen LogP contribution in [0.25, 0.3) is 0 Å². The molecule has 0 fully saturated rings. The molecule has 0 aromatic heterocycles. The zero-order valence-corrected chi connectivity index (χ0v) is 14.5. The van der Waals surface area contributed by atoms with Crippen molar-refractivity contribution < 1.29 is 5.21 Å². The summed E-state index contributed by atoms with van der Waals surface area (Å²) in [6.45, 7) is 2.28. The predicted octanol–water partition coefficient (Wildman–Crippen LogP) is 6.27. The molecule has 0 unspecified atom stereocenters. The zero-order chi connectivity index (χ0) is 14.9. The van der Waals surface area contributed by atoms with Gasteiger partial charge in [0.2, 0.25) is 0 Å². The molecule has 120 valence electrons. The maximum absolute atomic E-state index is 8.52. The molecule has 0 bridgehead atoms. The van der Waals surface area contributed by atoms with Gasteiger partial charge in [0, 0.05) is 5.25 Å². The minimum absolute atomic E-state index is 0.392. The van der Waals surface area contributed by atoms with Crippen molar-refractivity contribution in [3.63, 3.8) is 0 Å². The highest BCUT2D eigenvalue weighted by atomic mass is 32.2. The molecule has 0 amide bonds. The lowest BCUT2D eigenvalue weighted by Crippen LogP contribution is -2.03. The third kappa shape index (κ3) is 14.2. The summed E-state index contributed by atoms with van der Waals surface area (Å²) in [6.07, 6.45) is 21.6. The highest BCUT2D eigenvalue weighted by molar-refractivity contribution is 7.99. The number of rotatable bonds is 15. The van der Waals surface area contributed by atoms with Crippen LogP contribution in [0, 0.1) is 0 Å². The first-order valence-electron chi connectivity index (χ1n) is 8.55. The van der Waals surface area contributed by atoms with Crippen molar-refractivity contribution in [3.8, 4) is 0 Å². The van der Waals surface area contributed by atoms with E-state index in [0.29, 0.717) is 5.25 Å². The van der Waals surface area contributed by atoms with Crippen molar-refractivity contribution in [3.05, 3.63) is 0 Å². The molecule has 1 N–H and O–H groups in total. The van der Waals surface area contributed by atoms with Gasteiger partial charge in [-0.25, -0.2) is 0 Å². The van der Waals surface area contributed by atoms with Crippen molar-refractivity contribution in [1.82, 2.24) is 0 Å². The molecule has 0 saturated carbocycles. The van der Waals surface area contributed by atoms with Gasteiger partial charge in [-0.1, -0.05) is 84.0 Å². The Balaban J connectivity index is 3.13. The summed E-state index contributed by atoms with van der Waals surface area (Å²) in [4.78, 5) is 0. The molecule has 20 heavy (non-hydrogen) atoms. The normalized spacial score (nSPS) is 13.1. The minimum Gasteiger partial charge on any atom is -0.411 e. The molecule has 0 spiro atoms. The third-order valence-electron chi connectivity index (χ3n) is 3.88. The largest absolute Gasteiger partial charge is 0.411 e. The van der Waals surface area contributed by atoms with Gasteiger partial charge in [-0.05, 0) is 12.7 Å². The molecule has 3 heteroatoms. The average Bonchev–Trinajstić information content (AvgIpc) is 2.47. The molecule has 0 aromatic carbocycles. The van der Waals surface area contributed by atoms with Gasteiger partial charge in [0.05, 0.1) is 6.21 Å². The Morgan fingerprint density at radius 3 is 1.70 bits per heavy atom. The lowest BCUT2D eigenvalue weighted by molar-refractivity contribution is 0.320. The molecule has 0 aliphatic carbocycles. The van der Waals surface area contributed by atoms with E-state index in [1.807, 2.05) is 0 Å². The van der Waals surface area contributed by atoms with E-state index in [1.165, 1.54) is 77.0 Å². The maximum atomic E-state index is 8.52. The summed E-state index contributed by atoms with van der Waals surface area (Å²) in [5, 5.41) is 12.0. The highest BCUT2D eigenvalue weighted by Crippen LogP contribution is 2.16. The molecule has 0 heterocycles. The quantitative estimate of drug-likeness (QED) is 0.167. The van der Waals surface area contributed by atoms with E-state index in [1.54, 1.807) is 18.0 Å². The van der Waals surface area contributed by atoms with Crippen LogP contribution in [-0.2, 0) is 0 Å². The predicted molar refractivity (Wildman–Crippen MR) is 93.3 cm³/mol. The van der Waals surface area contributed by atoms with Crippen LogP contribution < -0.4 is 0 Å². The van der Waals surface area contributed by atoms with Crippen molar-refractivity contribution in [1.29, 1.82) is 0 Å². The van der Waals surface area contributed by atoms with Gasteiger partial charge in [-0.15, -0.1) is 5.16 Å². The fraction of sp³-hybridized carbons (Fsp3) is 0.941. The lowest BCUT2D eigenvalue weighted by Gasteiger charge is -2.07. The topological polar surface area (TPSA) is 32.6 Å². The summed E-state index contributed by atoms with van der Waals surface area (Å²) in [5.41, 5.74) is 0. The van der Waals surface area contributed by atoms with Crippen LogP contribution >= 0.6 is 11.8 Å². The molecule has 0 aliphatic heterocycles. The number of hydrogen-bond donors (Lipinski definition) is 1. The number of nitrogens with zero attached hydrogens (tertiary/aromatic N) is 1. The van der Waals surface area contributed by atoms with Gasteiger partial charge in [0.25, 0.3) is 0 Å². The monoisotopic (exact) mass is 301 g/mol. The molecule has 0 aliphatic rings. The molecule has 1 atom stereocenters. The summed E-state index contributed by atoms with van der Waals surface area (Å²) < 4.78 is 0. The van der Waals surface area contributed by atoms with Gasteiger partial charge in [0.1, 0.15) is 0 Å². The standard InChI is InChI=1S/C17H35NOS/c1-3-4-5-6-7-8-9-10-11-12-13-14-15-17(20-2)16-18-19/h16-17,19H,3-15H2,1-2H3/b18-16+/t17-/m1/s1. The first-order chi connectivity index (χ1) is 9.85. The lowest BCUT2D eigenvalue weighted by atomic mass is 10.0. The Hall–Kier alpha value is -0.180. The van der Waals surface area contributed by atoms with Crippen LogP contribution in [-0.4, -0.2) is 22.9 Å². The van der Waals surface area contributed by atoms with Crippen LogP contribution in [0.1, 0.15) is 90.4 Å². The van der Waals surface area contributed by atoms with Crippen LogP contribution in [0.15, 0.2) is 5.16 Å². The first-order valence-corrected chi connectivity index (χ1v) is 9.84. The fourth-order valence-electron chi connectivity index (χ4n) is 2.51. The van der Waals surface area contributed by atoms with Crippen LogP contribution in [0.4, 0.5) is 0 Å². The van der Waals surface area contributed by atoms with Gasteiger partial charge in [0.15, 0.2) is 0 Å². The van der Waals surface area contributed by atoms with Gasteiger partial charge in [-0.3, -0.25) is 0 Å². The molecular weight excluding hydrogens is 266 g/mol. The van der Waals surface area contributed by atoms with Gasteiger partial charge < -0.3 is 5.21 Å². The van der Waals surface area contributed by atoms with Crippen LogP contribution in [0.5, 0.6) is 0 Å². The Labute approximate surface area is 130 Å². The van der Waals surface area contributed by atoms with E-state index in [0.717, 1.165) is 6.42 Å². The van der Waals surface area contributed by atoms with Crippen molar-refractivity contribution in [2.75, 3.05) is 6.26 Å². The van der Waals surface area contributed by atoms with Crippen LogP contribution in [0.3, 0.4) is 0 Å². The minimum atomic E-state index is 0.392. The van der Waals surface area contributed by atoms with Crippen molar-refractivity contribution in [2.45, 2.75) is 95.6 Å². The number of hydrogen-bond acceptors (Lipinski definition) is 3. The number of oxime groups is 1. The molecule has 2 nitrogen and oxygen atoms in total. The van der Waals surface area contributed by atoms with E-state index >= 15 is 0 Å². The van der Waals surface area contributed by atoms with Gasteiger partial charge >= 0.3 is 0 Å². The Morgan fingerprint density at radius 2 is 1.30 bits per heavy atom. The zero-order valence-electron chi connectivity index (χ0n) is 13.6. The summed E-state index contributed by atoms with van der Waals surface area (Å²) in [6, 6.07) is 0. The highest BCUT2D eigenvalue weighted by Gasteiger charge is 2.03. The molecule has 0 aromatic rings. The molecule has 0 rings (SSSR count). The number of thioether (sulfide) groups is 1. The summed E-state index contributed by atoms with van der Waals surface area (Å²) in [7, 11) is 0. The average molecular weight is 302 g/mol. The second-order valence-electron chi connectivity index (χ2n) is 5.72. The Morgan fingerprint density at radius 1 is 0.850 bits per heavy atom. The second kappa shape index (κ2) is 16.9. The smallest absolute Gasteiger partial charge is 0.0565 e. The Bertz CT molecular complexity index is 209. The summed E-state index contributed by atoms with van der Waals surface area (Å²) in [5.74, 6) is 0. The number of unbranched alkanes of at least 4 members (excludes halogenated alkanes) is 11. The van der Waals surface area contributed by atoms with E-state index in [2.05, 4.69) is 18.3 Å². The first kappa shape index (κ1) is 19.8. The third-order valence-corrected chi connectivity index (χ3v) is 4.84. The van der Waals surface area contributed by atoms with Crippen LogP contribution in [0.2, 0.25) is 0 Å². The summed E-state index contributed by atoms with van der Waals surface area (Å²) >= 11 is 1.77. The molecule has 0 saturated heterocycles. The van der Waals surface area contributed by atoms with Gasteiger partial charge in [-0.2, -0.15) is 11.8 Å². The molecular formula is C17H35NOS. The Kier molecular flexibility index (Phi) is 16.7. The second-order valence-corrected chi connectivity index (χ2v) is 6.79. The van der Waals surface area contributed by atoms with E-state index in [9.17, 15) is 0 Å². The van der Waals surface area contributed by atoms with Crippen molar-refractivity contribution in [2.24, 2.45) is 5.16 Å². The SMILES string of the molecule is CCCCCCCCCCCCCC[C@H](/C=N/O)SC. The van der Waals surface area contributed by atoms with E-state index < -0.39 is 0 Å². The van der Waals surface area contributed by atoms with Crippen molar-refractivity contribution >= 4 is 18.0 Å².